The van der Waals surface area contributed by atoms with Gasteiger partial charge in [0.05, 0.1) is 25.5 Å². The van der Waals surface area contributed by atoms with Crippen LogP contribution < -0.4 is 19.7 Å². The Morgan fingerprint density at radius 3 is 2.61 bits per heavy atom. The van der Waals surface area contributed by atoms with Crippen LogP contribution in [0.3, 0.4) is 0 Å². The first-order valence-electron chi connectivity index (χ1n) is 13.0. The van der Waals surface area contributed by atoms with Crippen molar-refractivity contribution in [3.63, 3.8) is 0 Å². The van der Waals surface area contributed by atoms with Gasteiger partial charge in [-0.05, 0) is 44.0 Å². The summed E-state index contributed by atoms with van der Waals surface area (Å²) >= 11 is 0. The molecule has 0 spiro atoms. The van der Waals surface area contributed by atoms with Crippen LogP contribution >= 0.6 is 0 Å². The predicted octanol–water partition coefficient (Wildman–Crippen LogP) is 3.13. The van der Waals surface area contributed by atoms with E-state index >= 15 is 0 Å². The second kappa shape index (κ2) is 11.3. The number of carbonyl (C=O) groups excluding carboxylic acids is 3. The third-order valence-electron chi connectivity index (χ3n) is 7.46. The number of para-hydroxylation sites is 1. The molecule has 38 heavy (non-hydrogen) atoms. The molecule has 2 amide bonds. The summed E-state index contributed by atoms with van der Waals surface area (Å²) in [6.07, 6.45) is 2.06. The van der Waals surface area contributed by atoms with Crippen LogP contribution in [0.4, 0.5) is 10.5 Å². The lowest BCUT2D eigenvalue weighted by Gasteiger charge is -2.40. The Morgan fingerprint density at radius 2 is 1.84 bits per heavy atom. The van der Waals surface area contributed by atoms with Crippen molar-refractivity contribution < 1.29 is 33.3 Å². The molecule has 10 nitrogen and oxygen atoms in total. The summed E-state index contributed by atoms with van der Waals surface area (Å²) in [5.41, 5.74) is 2.33. The minimum atomic E-state index is -0.398. The lowest BCUT2D eigenvalue weighted by atomic mass is 10.00. The highest BCUT2D eigenvalue weighted by atomic mass is 16.6. The molecule has 2 fully saturated rings. The van der Waals surface area contributed by atoms with Crippen molar-refractivity contribution in [2.24, 2.45) is 0 Å². The quantitative estimate of drug-likeness (QED) is 0.576. The number of benzene rings is 2. The molecule has 2 aromatic rings. The smallest absolute Gasteiger partial charge is 0.414 e. The van der Waals surface area contributed by atoms with Gasteiger partial charge in [0, 0.05) is 37.2 Å². The van der Waals surface area contributed by atoms with Crippen molar-refractivity contribution in [3.8, 4) is 11.5 Å². The van der Waals surface area contributed by atoms with Gasteiger partial charge in [-0.3, -0.25) is 14.5 Å². The van der Waals surface area contributed by atoms with Gasteiger partial charge in [-0.2, -0.15) is 0 Å². The molecular formula is C28H33N3O7. The zero-order valence-electron chi connectivity index (χ0n) is 21.7. The molecule has 2 atom stereocenters. The van der Waals surface area contributed by atoms with Gasteiger partial charge in [-0.1, -0.05) is 18.2 Å². The van der Waals surface area contributed by atoms with Crippen LogP contribution in [0.15, 0.2) is 42.5 Å². The molecule has 0 aliphatic carbocycles. The number of hydrogen-bond acceptors (Lipinski definition) is 8. The summed E-state index contributed by atoms with van der Waals surface area (Å²) in [4.78, 5) is 41.4. The van der Waals surface area contributed by atoms with Crippen molar-refractivity contribution in [3.05, 3.63) is 53.6 Å². The van der Waals surface area contributed by atoms with E-state index in [0.29, 0.717) is 56.0 Å². The van der Waals surface area contributed by atoms with E-state index in [0.717, 1.165) is 17.7 Å². The average molecular weight is 524 g/mol. The average Bonchev–Trinajstić information content (AvgIpc) is 2.96. The number of rotatable bonds is 6. The molecule has 0 unspecified atom stereocenters. The molecule has 3 aliphatic heterocycles. The molecule has 3 aliphatic rings. The Balaban J connectivity index is 1.22. The number of piperidine rings is 2. The third kappa shape index (κ3) is 5.26. The van der Waals surface area contributed by atoms with Gasteiger partial charge >= 0.3 is 12.1 Å². The molecule has 0 radical (unpaired) electrons. The minimum Gasteiger partial charge on any atom is -0.496 e. The van der Waals surface area contributed by atoms with E-state index in [2.05, 4.69) is 5.32 Å². The molecule has 5 rings (SSSR count). The van der Waals surface area contributed by atoms with Gasteiger partial charge < -0.3 is 29.2 Å². The van der Waals surface area contributed by atoms with Gasteiger partial charge in [-0.15, -0.1) is 0 Å². The molecule has 1 N–H and O–H groups in total. The first kappa shape index (κ1) is 25.8. The van der Waals surface area contributed by atoms with Crippen molar-refractivity contribution in [2.75, 3.05) is 38.8 Å². The van der Waals surface area contributed by atoms with E-state index in [-0.39, 0.29) is 36.7 Å². The first-order chi connectivity index (χ1) is 18.5. The van der Waals surface area contributed by atoms with Gasteiger partial charge in [0.15, 0.2) is 0 Å². The standard InChI is InChI=1S/C28H33N3O7/c1-35-25-16-20(38-21-9-12-29-23(15-21)27(33)36-2)7-8-22(25)26(32)30-13-10-19(11-14-30)31-24-6-4-3-5-18(24)17-37-28(31)34/h3-8,16,19,21,23,29H,9-15,17H2,1-2H3/t21-,23-/m0/s1. The van der Waals surface area contributed by atoms with Crippen LogP contribution in [-0.2, 0) is 20.9 Å². The van der Waals surface area contributed by atoms with Gasteiger partial charge in [-0.25, -0.2) is 4.79 Å². The Hall–Kier alpha value is -3.79. The molecule has 0 aromatic heterocycles. The van der Waals surface area contributed by atoms with E-state index < -0.39 is 6.04 Å². The van der Waals surface area contributed by atoms with E-state index in [1.54, 1.807) is 28.0 Å². The minimum absolute atomic E-state index is 0.0375. The van der Waals surface area contributed by atoms with Crippen LogP contribution in [0.2, 0.25) is 0 Å². The molecule has 0 saturated carbocycles. The maximum atomic E-state index is 13.4. The molecule has 202 valence electrons. The second-order valence-corrected chi connectivity index (χ2v) is 9.73. The summed E-state index contributed by atoms with van der Waals surface area (Å²) in [5, 5.41) is 3.14. The molecule has 3 heterocycles. The number of likely N-dealkylation sites (tertiary alicyclic amines) is 1. The fourth-order valence-electron chi connectivity index (χ4n) is 5.44. The number of fused-ring (bicyclic) bond motifs is 1. The van der Waals surface area contributed by atoms with Crippen LogP contribution in [0, 0.1) is 0 Å². The maximum Gasteiger partial charge on any atom is 0.414 e. The number of nitrogens with one attached hydrogen (secondary N) is 1. The molecule has 2 saturated heterocycles. The lowest BCUT2D eigenvalue weighted by Crippen LogP contribution is -2.50. The van der Waals surface area contributed by atoms with Crippen LogP contribution in [0.25, 0.3) is 0 Å². The number of anilines is 1. The lowest BCUT2D eigenvalue weighted by molar-refractivity contribution is -0.144. The topological polar surface area (TPSA) is 107 Å². The van der Waals surface area contributed by atoms with Crippen molar-refractivity contribution in [1.82, 2.24) is 10.2 Å². The first-order valence-corrected chi connectivity index (χ1v) is 13.0. The monoisotopic (exact) mass is 523 g/mol. The Morgan fingerprint density at radius 1 is 1.05 bits per heavy atom. The van der Waals surface area contributed by atoms with Crippen LogP contribution in [0.5, 0.6) is 11.5 Å². The van der Waals surface area contributed by atoms with E-state index in [1.807, 2.05) is 24.3 Å². The van der Waals surface area contributed by atoms with Gasteiger partial charge in [0.1, 0.15) is 30.3 Å². The van der Waals surface area contributed by atoms with E-state index in [4.69, 9.17) is 18.9 Å². The van der Waals surface area contributed by atoms with Crippen molar-refractivity contribution >= 4 is 23.7 Å². The number of amides is 2. The molecule has 0 bridgehead atoms. The second-order valence-electron chi connectivity index (χ2n) is 9.73. The molecular weight excluding hydrogens is 490 g/mol. The molecule has 10 heteroatoms. The normalized spacial score (nSPS) is 21.8. The van der Waals surface area contributed by atoms with Gasteiger partial charge in [0.2, 0.25) is 0 Å². The SMILES string of the molecule is COC(=O)[C@@H]1C[C@@H](Oc2ccc(C(=O)N3CCC(N4C(=O)OCc5ccccc54)CC3)c(OC)c2)CCN1. The number of cyclic esters (lactones) is 1. The largest absolute Gasteiger partial charge is 0.496 e. The number of carbonyl (C=O) groups is 3. The summed E-state index contributed by atoms with van der Waals surface area (Å²) in [7, 11) is 2.90. The number of ether oxygens (including phenoxy) is 4. The number of hydrogen-bond donors (Lipinski definition) is 1. The summed E-state index contributed by atoms with van der Waals surface area (Å²) in [6, 6.07) is 12.5. The maximum absolute atomic E-state index is 13.4. The highest BCUT2D eigenvalue weighted by Crippen LogP contribution is 2.33. The highest BCUT2D eigenvalue weighted by molar-refractivity contribution is 5.97. The van der Waals surface area contributed by atoms with Gasteiger partial charge in [0.25, 0.3) is 5.91 Å². The Bertz CT molecular complexity index is 1190. The summed E-state index contributed by atoms with van der Waals surface area (Å²) in [6.45, 7) is 1.96. The van der Waals surface area contributed by atoms with Crippen LogP contribution in [-0.4, -0.2) is 74.9 Å². The van der Waals surface area contributed by atoms with Crippen molar-refractivity contribution in [1.29, 1.82) is 0 Å². The zero-order chi connectivity index (χ0) is 26.6. The Labute approximate surface area is 221 Å². The van der Waals surface area contributed by atoms with Crippen molar-refractivity contribution in [2.45, 2.75) is 50.5 Å². The predicted molar refractivity (Wildman–Crippen MR) is 138 cm³/mol. The summed E-state index contributed by atoms with van der Waals surface area (Å²) < 4.78 is 21.9. The number of esters is 1. The summed E-state index contributed by atoms with van der Waals surface area (Å²) in [5.74, 6) is 0.583. The fourth-order valence-corrected chi connectivity index (χ4v) is 5.44. The Kier molecular flexibility index (Phi) is 7.69. The van der Waals surface area contributed by atoms with E-state index in [9.17, 15) is 14.4 Å². The molecule has 2 aromatic carbocycles. The number of methoxy groups -OCH3 is 2. The van der Waals surface area contributed by atoms with E-state index in [1.165, 1.54) is 14.2 Å². The zero-order valence-corrected chi connectivity index (χ0v) is 21.7. The fraction of sp³-hybridized carbons (Fsp3) is 0.464. The highest BCUT2D eigenvalue weighted by Gasteiger charge is 2.35. The number of nitrogens with zero attached hydrogens (tertiary/aromatic N) is 2. The van der Waals surface area contributed by atoms with Crippen LogP contribution in [0.1, 0.15) is 41.6 Å². The third-order valence-corrected chi connectivity index (χ3v) is 7.46.